The van der Waals surface area contributed by atoms with Gasteiger partial charge in [-0.2, -0.15) is 0 Å². The molecule has 0 amide bonds. The Kier molecular flexibility index (Phi) is 4.24. The molecule has 5 rings (SSSR count). The lowest BCUT2D eigenvalue weighted by Crippen LogP contribution is -2.55. The molecule has 0 bridgehead atoms. The maximum absolute atomic E-state index is 5.92. The zero-order chi connectivity index (χ0) is 17.7. The third kappa shape index (κ3) is 2.76. The van der Waals surface area contributed by atoms with Crippen molar-refractivity contribution >= 4 is 5.95 Å². The fraction of sp³-hybridized carbons (Fsp3) is 0.900. The van der Waals surface area contributed by atoms with Crippen molar-refractivity contribution in [3.05, 3.63) is 5.82 Å². The monoisotopic (exact) mass is 359 g/mol. The van der Waals surface area contributed by atoms with Crippen LogP contribution in [0.3, 0.4) is 0 Å². The molecule has 0 spiro atoms. The largest absolute Gasteiger partial charge is 0.377 e. The second-order valence-electron chi connectivity index (χ2n) is 9.12. The van der Waals surface area contributed by atoms with Gasteiger partial charge in [0.2, 0.25) is 5.95 Å². The molecule has 4 heterocycles. The van der Waals surface area contributed by atoms with E-state index in [0.717, 1.165) is 31.5 Å². The Bertz CT molecular complexity index is 633. The fourth-order valence-electron chi connectivity index (χ4n) is 5.63. The van der Waals surface area contributed by atoms with Gasteiger partial charge in [-0.1, -0.05) is 6.42 Å². The molecule has 3 saturated heterocycles. The van der Waals surface area contributed by atoms with Gasteiger partial charge >= 0.3 is 0 Å². The SMILES string of the molecule is Cn1c(C2C3CCCOC32)nnc1N1CCC(C)(N2CCCCC2)CC1. The molecule has 0 radical (unpaired) electrons. The zero-order valence-corrected chi connectivity index (χ0v) is 16.4. The van der Waals surface area contributed by atoms with Crippen molar-refractivity contribution in [1.29, 1.82) is 0 Å². The first-order valence-corrected chi connectivity index (χ1v) is 10.7. The molecule has 3 atom stereocenters. The topological polar surface area (TPSA) is 46.4 Å². The van der Waals surface area contributed by atoms with Gasteiger partial charge in [0.05, 0.1) is 12.0 Å². The van der Waals surface area contributed by atoms with Crippen molar-refractivity contribution in [3.63, 3.8) is 0 Å². The number of hydrogen-bond donors (Lipinski definition) is 0. The molecule has 1 saturated carbocycles. The summed E-state index contributed by atoms with van der Waals surface area (Å²) in [4.78, 5) is 5.21. The predicted octanol–water partition coefficient (Wildman–Crippen LogP) is 2.55. The van der Waals surface area contributed by atoms with Crippen LogP contribution in [0.1, 0.15) is 63.6 Å². The molecule has 1 aromatic heterocycles. The van der Waals surface area contributed by atoms with Gasteiger partial charge in [0.25, 0.3) is 0 Å². The fourth-order valence-corrected chi connectivity index (χ4v) is 5.63. The average molecular weight is 360 g/mol. The van der Waals surface area contributed by atoms with Crippen molar-refractivity contribution < 1.29 is 4.74 Å². The van der Waals surface area contributed by atoms with Gasteiger partial charge < -0.3 is 14.2 Å². The van der Waals surface area contributed by atoms with E-state index in [1.54, 1.807) is 0 Å². The zero-order valence-electron chi connectivity index (χ0n) is 16.4. The van der Waals surface area contributed by atoms with Crippen molar-refractivity contribution in [3.8, 4) is 0 Å². The number of nitrogens with zero attached hydrogens (tertiary/aromatic N) is 5. The number of anilines is 1. The van der Waals surface area contributed by atoms with E-state index < -0.39 is 0 Å². The number of hydrogen-bond acceptors (Lipinski definition) is 5. The highest BCUT2D eigenvalue weighted by molar-refractivity contribution is 5.35. The number of fused-ring (bicyclic) bond motifs is 1. The molecular formula is C20H33N5O. The number of likely N-dealkylation sites (tertiary alicyclic amines) is 1. The van der Waals surface area contributed by atoms with Crippen LogP contribution in [0.15, 0.2) is 0 Å². The van der Waals surface area contributed by atoms with Crippen LogP contribution in [0.25, 0.3) is 0 Å². The van der Waals surface area contributed by atoms with Crippen molar-refractivity contribution in [2.75, 3.05) is 37.7 Å². The smallest absolute Gasteiger partial charge is 0.226 e. The Morgan fingerprint density at radius 3 is 2.46 bits per heavy atom. The maximum Gasteiger partial charge on any atom is 0.226 e. The minimum absolute atomic E-state index is 0.373. The number of piperidine rings is 2. The van der Waals surface area contributed by atoms with Crippen LogP contribution in [0.2, 0.25) is 0 Å². The quantitative estimate of drug-likeness (QED) is 0.830. The van der Waals surface area contributed by atoms with Crippen LogP contribution in [-0.2, 0) is 11.8 Å². The molecule has 6 nitrogen and oxygen atoms in total. The van der Waals surface area contributed by atoms with Gasteiger partial charge in [-0.3, -0.25) is 4.90 Å². The summed E-state index contributed by atoms with van der Waals surface area (Å²) in [5.41, 5.74) is 0.373. The normalized spacial score (nSPS) is 34.5. The molecule has 0 N–H and O–H groups in total. The van der Waals surface area contributed by atoms with Gasteiger partial charge in [-0.05, 0) is 64.5 Å². The van der Waals surface area contributed by atoms with E-state index in [2.05, 4.69) is 38.5 Å². The lowest BCUT2D eigenvalue weighted by atomic mass is 9.86. The van der Waals surface area contributed by atoms with Crippen LogP contribution in [-0.4, -0.2) is 64.1 Å². The van der Waals surface area contributed by atoms with Crippen LogP contribution in [0.5, 0.6) is 0 Å². The Morgan fingerprint density at radius 1 is 1.00 bits per heavy atom. The Hall–Kier alpha value is -1.14. The summed E-state index contributed by atoms with van der Waals surface area (Å²) in [6.45, 7) is 8.15. The Balaban J connectivity index is 1.26. The number of rotatable bonds is 3. The third-order valence-electron chi connectivity index (χ3n) is 7.52. The summed E-state index contributed by atoms with van der Waals surface area (Å²) in [5.74, 6) is 3.36. The number of aromatic nitrogens is 3. The highest BCUT2D eigenvalue weighted by Crippen LogP contribution is 2.54. The van der Waals surface area contributed by atoms with E-state index >= 15 is 0 Å². The lowest BCUT2D eigenvalue weighted by Gasteiger charge is -2.48. The van der Waals surface area contributed by atoms with E-state index in [9.17, 15) is 0 Å². The van der Waals surface area contributed by atoms with E-state index in [1.807, 2.05) is 0 Å². The molecule has 3 aliphatic heterocycles. The Morgan fingerprint density at radius 2 is 1.77 bits per heavy atom. The van der Waals surface area contributed by atoms with Crippen molar-refractivity contribution in [1.82, 2.24) is 19.7 Å². The molecule has 0 aromatic carbocycles. The Labute approximate surface area is 156 Å². The first kappa shape index (κ1) is 17.0. The van der Waals surface area contributed by atoms with Gasteiger partial charge in [0, 0.05) is 32.3 Å². The summed E-state index contributed by atoms with van der Waals surface area (Å²) < 4.78 is 8.17. The van der Waals surface area contributed by atoms with Crippen molar-refractivity contribution in [2.45, 2.75) is 69.4 Å². The highest BCUT2D eigenvalue weighted by Gasteiger charge is 2.56. The standard InChI is InChI=1S/C20H33N5O/c1-20(25-10-4-3-5-11-25)8-12-24(13-9-20)19-22-21-18(23(19)2)16-15-7-6-14-26-17(15)16/h15-17H,3-14H2,1-2H3. The first-order chi connectivity index (χ1) is 12.7. The molecule has 1 aliphatic carbocycles. The summed E-state index contributed by atoms with van der Waals surface area (Å²) in [5, 5.41) is 9.17. The number of ether oxygens (including phenoxy) is 1. The van der Waals surface area contributed by atoms with Gasteiger partial charge in [-0.25, -0.2) is 0 Å². The molecule has 6 heteroatoms. The molecule has 4 fully saturated rings. The molecule has 144 valence electrons. The third-order valence-corrected chi connectivity index (χ3v) is 7.52. The van der Waals surface area contributed by atoms with Gasteiger partial charge in [0.15, 0.2) is 0 Å². The molecular weight excluding hydrogens is 326 g/mol. The lowest BCUT2D eigenvalue weighted by molar-refractivity contribution is 0.0590. The molecule has 1 aromatic rings. The van der Waals surface area contributed by atoms with Crippen LogP contribution < -0.4 is 4.90 Å². The van der Waals surface area contributed by atoms with Crippen LogP contribution in [0, 0.1) is 5.92 Å². The van der Waals surface area contributed by atoms with Gasteiger partial charge in [-0.15, -0.1) is 10.2 Å². The predicted molar refractivity (Wildman–Crippen MR) is 101 cm³/mol. The van der Waals surface area contributed by atoms with E-state index in [-0.39, 0.29) is 0 Å². The molecule has 26 heavy (non-hydrogen) atoms. The van der Waals surface area contributed by atoms with Gasteiger partial charge in [0.1, 0.15) is 5.82 Å². The van der Waals surface area contributed by atoms with Crippen LogP contribution >= 0.6 is 0 Å². The van der Waals surface area contributed by atoms with E-state index in [1.165, 1.54) is 58.0 Å². The summed E-state index contributed by atoms with van der Waals surface area (Å²) in [6.07, 6.45) is 9.50. The van der Waals surface area contributed by atoms with E-state index in [4.69, 9.17) is 4.74 Å². The average Bonchev–Trinajstić information content (AvgIpc) is 3.29. The second-order valence-corrected chi connectivity index (χ2v) is 9.12. The molecule has 4 aliphatic rings. The van der Waals surface area contributed by atoms with E-state index in [0.29, 0.717) is 23.5 Å². The second kappa shape index (κ2) is 6.48. The van der Waals surface area contributed by atoms with Crippen LogP contribution in [0.4, 0.5) is 5.95 Å². The maximum atomic E-state index is 5.92. The summed E-state index contributed by atoms with van der Waals surface area (Å²) in [7, 11) is 2.15. The highest BCUT2D eigenvalue weighted by atomic mass is 16.5. The summed E-state index contributed by atoms with van der Waals surface area (Å²) in [6, 6.07) is 0. The first-order valence-electron chi connectivity index (χ1n) is 10.7. The van der Waals surface area contributed by atoms with Crippen molar-refractivity contribution in [2.24, 2.45) is 13.0 Å². The molecule has 3 unspecified atom stereocenters. The minimum Gasteiger partial charge on any atom is -0.377 e. The minimum atomic E-state index is 0.373. The summed E-state index contributed by atoms with van der Waals surface area (Å²) >= 11 is 0.